The summed E-state index contributed by atoms with van der Waals surface area (Å²) in [5.41, 5.74) is -0.331. The van der Waals surface area contributed by atoms with Gasteiger partial charge in [0.15, 0.2) is 5.69 Å². The van der Waals surface area contributed by atoms with Crippen LogP contribution in [0.25, 0.3) is 0 Å². The van der Waals surface area contributed by atoms with Crippen molar-refractivity contribution < 1.29 is 14.8 Å². The average molecular weight is 294 g/mol. The first-order valence-electron chi connectivity index (χ1n) is 6.78. The molecule has 1 saturated heterocycles. The lowest BCUT2D eigenvalue weighted by atomic mass is 10.1. The molecule has 1 N–H and O–H groups in total. The van der Waals surface area contributed by atoms with Gasteiger partial charge in [-0.1, -0.05) is 6.92 Å². The second-order valence-corrected chi connectivity index (χ2v) is 5.09. The van der Waals surface area contributed by atoms with Crippen LogP contribution in [0.4, 0.5) is 11.5 Å². The molecule has 0 amide bonds. The van der Waals surface area contributed by atoms with Crippen molar-refractivity contribution >= 4 is 17.5 Å². The Morgan fingerprint density at radius 3 is 2.81 bits per heavy atom. The first-order chi connectivity index (χ1) is 9.93. The SMILES string of the molecule is CCC1CN(c2nc(C(=O)O)ccc2[N+](=O)[O-])CCN1C. The summed E-state index contributed by atoms with van der Waals surface area (Å²) in [6.45, 7) is 4.00. The smallest absolute Gasteiger partial charge is 0.354 e. The van der Waals surface area contributed by atoms with Crippen LogP contribution in [0.1, 0.15) is 23.8 Å². The molecule has 0 aromatic carbocycles. The number of carbonyl (C=O) groups is 1. The monoisotopic (exact) mass is 294 g/mol. The van der Waals surface area contributed by atoms with Gasteiger partial charge in [-0.25, -0.2) is 9.78 Å². The van der Waals surface area contributed by atoms with Gasteiger partial charge in [0, 0.05) is 31.7 Å². The van der Waals surface area contributed by atoms with E-state index in [-0.39, 0.29) is 23.2 Å². The minimum atomic E-state index is -1.19. The number of carboxylic acid groups (broad SMARTS) is 1. The fourth-order valence-electron chi connectivity index (χ4n) is 2.51. The molecule has 0 bridgehead atoms. The lowest BCUT2D eigenvalue weighted by Crippen LogP contribution is -2.51. The summed E-state index contributed by atoms with van der Waals surface area (Å²) in [4.78, 5) is 29.6. The maximum atomic E-state index is 11.1. The summed E-state index contributed by atoms with van der Waals surface area (Å²) < 4.78 is 0. The predicted octanol–water partition coefficient (Wildman–Crippen LogP) is 1.22. The standard InChI is InChI=1S/C13H18N4O4/c1-3-9-8-16(7-6-15(9)2)12-11(17(20)21)5-4-10(14-12)13(18)19/h4-5,9H,3,6-8H2,1-2H3,(H,18,19). The van der Waals surface area contributed by atoms with Gasteiger partial charge in [0.25, 0.3) is 0 Å². The van der Waals surface area contributed by atoms with E-state index in [0.717, 1.165) is 19.0 Å². The van der Waals surface area contributed by atoms with E-state index in [1.807, 2.05) is 7.05 Å². The molecule has 1 atom stereocenters. The van der Waals surface area contributed by atoms with Crippen LogP contribution in [-0.4, -0.2) is 58.6 Å². The lowest BCUT2D eigenvalue weighted by molar-refractivity contribution is -0.384. The molecule has 1 unspecified atom stereocenters. The number of aromatic nitrogens is 1. The summed E-state index contributed by atoms with van der Waals surface area (Å²) in [6, 6.07) is 2.65. The maximum Gasteiger partial charge on any atom is 0.354 e. The van der Waals surface area contributed by atoms with Gasteiger partial charge in [-0.2, -0.15) is 0 Å². The number of carboxylic acids is 1. The third-order valence-corrected chi connectivity index (χ3v) is 3.82. The molecule has 0 radical (unpaired) electrons. The second kappa shape index (κ2) is 6.04. The van der Waals surface area contributed by atoms with Crippen molar-refractivity contribution in [3.8, 4) is 0 Å². The van der Waals surface area contributed by atoms with Crippen LogP contribution in [-0.2, 0) is 0 Å². The van der Waals surface area contributed by atoms with E-state index in [4.69, 9.17) is 5.11 Å². The Morgan fingerprint density at radius 1 is 1.52 bits per heavy atom. The van der Waals surface area contributed by atoms with Crippen LogP contribution in [0, 0.1) is 10.1 Å². The van der Waals surface area contributed by atoms with Gasteiger partial charge in [-0.15, -0.1) is 0 Å². The Bertz CT molecular complexity index is 563. The molecule has 1 aromatic rings. The number of aromatic carboxylic acids is 1. The molecule has 1 aliphatic heterocycles. The molecule has 0 saturated carbocycles. The summed E-state index contributed by atoms with van der Waals surface area (Å²) >= 11 is 0. The van der Waals surface area contributed by atoms with Crippen molar-refractivity contribution in [2.45, 2.75) is 19.4 Å². The zero-order valence-electron chi connectivity index (χ0n) is 12.0. The second-order valence-electron chi connectivity index (χ2n) is 5.09. The quantitative estimate of drug-likeness (QED) is 0.658. The fourth-order valence-corrected chi connectivity index (χ4v) is 2.51. The molecule has 2 heterocycles. The van der Waals surface area contributed by atoms with Gasteiger partial charge in [-0.05, 0) is 19.5 Å². The largest absolute Gasteiger partial charge is 0.477 e. The number of nitrogens with zero attached hydrogens (tertiary/aromatic N) is 4. The van der Waals surface area contributed by atoms with Crippen LogP contribution >= 0.6 is 0 Å². The van der Waals surface area contributed by atoms with Crippen molar-refractivity contribution in [2.75, 3.05) is 31.6 Å². The van der Waals surface area contributed by atoms with Crippen LogP contribution in [0.2, 0.25) is 0 Å². The Morgan fingerprint density at radius 2 is 2.24 bits per heavy atom. The molecule has 8 nitrogen and oxygen atoms in total. The number of piperazine rings is 1. The van der Waals surface area contributed by atoms with Gasteiger partial charge < -0.3 is 10.0 Å². The van der Waals surface area contributed by atoms with Crippen LogP contribution < -0.4 is 4.90 Å². The average Bonchev–Trinajstić information content (AvgIpc) is 2.47. The van der Waals surface area contributed by atoms with E-state index < -0.39 is 10.9 Å². The van der Waals surface area contributed by atoms with Crippen molar-refractivity contribution in [2.24, 2.45) is 0 Å². The van der Waals surface area contributed by atoms with Gasteiger partial charge in [0.2, 0.25) is 5.82 Å². The number of likely N-dealkylation sites (N-methyl/N-ethyl adjacent to an activating group) is 1. The number of hydrogen-bond donors (Lipinski definition) is 1. The first kappa shape index (κ1) is 15.2. The third kappa shape index (κ3) is 3.10. The van der Waals surface area contributed by atoms with E-state index in [1.165, 1.54) is 6.07 Å². The molecule has 2 rings (SSSR count). The zero-order valence-corrected chi connectivity index (χ0v) is 12.0. The van der Waals surface area contributed by atoms with Crippen LogP contribution in [0.3, 0.4) is 0 Å². The van der Waals surface area contributed by atoms with E-state index in [2.05, 4.69) is 16.8 Å². The number of nitro groups is 1. The highest BCUT2D eigenvalue weighted by atomic mass is 16.6. The van der Waals surface area contributed by atoms with E-state index >= 15 is 0 Å². The van der Waals surface area contributed by atoms with Crippen molar-refractivity contribution in [1.82, 2.24) is 9.88 Å². The molecule has 0 aliphatic carbocycles. The van der Waals surface area contributed by atoms with Gasteiger partial charge in [0.05, 0.1) is 4.92 Å². The molecule has 114 valence electrons. The van der Waals surface area contributed by atoms with Crippen molar-refractivity contribution in [3.05, 3.63) is 27.9 Å². The minimum Gasteiger partial charge on any atom is -0.477 e. The fraction of sp³-hybridized carbons (Fsp3) is 0.538. The number of rotatable bonds is 4. The normalized spacial score (nSPS) is 19.5. The zero-order chi connectivity index (χ0) is 15.6. The molecule has 1 aromatic heterocycles. The predicted molar refractivity (Wildman–Crippen MR) is 76.8 cm³/mol. The molecular weight excluding hydrogens is 276 g/mol. The minimum absolute atomic E-state index is 0.145. The van der Waals surface area contributed by atoms with Gasteiger partial charge >= 0.3 is 11.7 Å². The maximum absolute atomic E-state index is 11.1. The van der Waals surface area contributed by atoms with Gasteiger partial charge in [0.1, 0.15) is 0 Å². The molecular formula is C13H18N4O4. The van der Waals surface area contributed by atoms with Crippen molar-refractivity contribution in [3.63, 3.8) is 0 Å². The Labute approximate surface area is 122 Å². The number of pyridine rings is 1. The summed E-state index contributed by atoms with van der Waals surface area (Å²) in [5.74, 6) is -1.04. The van der Waals surface area contributed by atoms with Crippen LogP contribution in [0.15, 0.2) is 12.1 Å². The summed E-state index contributed by atoms with van der Waals surface area (Å²) in [7, 11) is 2.01. The highest BCUT2D eigenvalue weighted by molar-refractivity contribution is 5.86. The molecule has 0 spiro atoms. The third-order valence-electron chi connectivity index (χ3n) is 3.82. The Hall–Kier alpha value is -2.22. The number of hydrogen-bond acceptors (Lipinski definition) is 6. The summed E-state index contributed by atoms with van der Waals surface area (Å²) in [6.07, 6.45) is 0.916. The van der Waals surface area contributed by atoms with Crippen LogP contribution in [0.5, 0.6) is 0 Å². The van der Waals surface area contributed by atoms with Crippen molar-refractivity contribution in [1.29, 1.82) is 0 Å². The summed E-state index contributed by atoms with van der Waals surface area (Å²) in [5, 5.41) is 20.2. The highest BCUT2D eigenvalue weighted by Gasteiger charge is 2.29. The van der Waals surface area contributed by atoms with E-state index in [1.54, 1.807) is 4.90 Å². The topological polar surface area (TPSA) is 99.8 Å². The Kier molecular flexibility index (Phi) is 4.37. The molecule has 1 aliphatic rings. The van der Waals surface area contributed by atoms with E-state index in [9.17, 15) is 14.9 Å². The number of anilines is 1. The molecule has 21 heavy (non-hydrogen) atoms. The molecule has 8 heteroatoms. The van der Waals surface area contributed by atoms with Gasteiger partial charge in [-0.3, -0.25) is 15.0 Å². The molecule has 1 fully saturated rings. The Balaban J connectivity index is 2.38. The highest BCUT2D eigenvalue weighted by Crippen LogP contribution is 2.28. The first-order valence-corrected chi connectivity index (χ1v) is 6.78. The van der Waals surface area contributed by atoms with E-state index in [0.29, 0.717) is 13.1 Å². The lowest BCUT2D eigenvalue weighted by Gasteiger charge is -2.39.